The van der Waals surface area contributed by atoms with E-state index in [1.807, 2.05) is 18.2 Å². The minimum absolute atomic E-state index is 0.166. The summed E-state index contributed by atoms with van der Waals surface area (Å²) in [5.41, 5.74) is 2.41. The molecule has 1 aromatic carbocycles. The van der Waals surface area contributed by atoms with Crippen LogP contribution in [-0.2, 0) is 0 Å². The van der Waals surface area contributed by atoms with Crippen LogP contribution < -0.4 is 0 Å². The molecule has 0 amide bonds. The molecule has 3 N–H and O–H groups in total. The van der Waals surface area contributed by atoms with Crippen molar-refractivity contribution in [2.75, 3.05) is 0 Å². The van der Waals surface area contributed by atoms with E-state index in [0.717, 1.165) is 20.9 Å². The van der Waals surface area contributed by atoms with Crippen LogP contribution in [0.3, 0.4) is 0 Å². The molecule has 0 saturated carbocycles. The smallest absolute Gasteiger partial charge is 0.339 e. The van der Waals surface area contributed by atoms with Gasteiger partial charge < -0.3 is 10.1 Å². The maximum absolute atomic E-state index is 11.1. The van der Waals surface area contributed by atoms with Gasteiger partial charge in [-0.25, -0.2) is 4.79 Å². The number of aromatic amines is 2. The number of fused-ring (bicyclic) bond motifs is 1. The number of carboxylic acids is 1. The lowest BCUT2D eigenvalue weighted by Crippen LogP contribution is -1.96. The maximum Gasteiger partial charge on any atom is 0.339 e. The number of aromatic carboxylic acids is 1. The summed E-state index contributed by atoms with van der Waals surface area (Å²) < 4.78 is 0.964. The topological polar surface area (TPSA) is 81.8 Å². The van der Waals surface area contributed by atoms with Crippen molar-refractivity contribution in [1.29, 1.82) is 0 Å². The lowest BCUT2D eigenvalue weighted by molar-refractivity contribution is 0.0698. The molecule has 5 nitrogen and oxygen atoms in total. The van der Waals surface area contributed by atoms with Crippen LogP contribution in [0, 0.1) is 0 Å². The number of nitrogens with one attached hydrogen (secondary N) is 2. The highest BCUT2D eigenvalue weighted by atomic mass is 79.9. The molecule has 3 aromatic rings. The highest BCUT2D eigenvalue weighted by Gasteiger charge is 2.16. The normalized spacial score (nSPS) is 10.9. The summed E-state index contributed by atoms with van der Waals surface area (Å²) in [7, 11) is 0. The first-order chi connectivity index (χ1) is 8.66. The predicted molar refractivity (Wildman–Crippen MR) is 70.5 cm³/mol. The van der Waals surface area contributed by atoms with Gasteiger partial charge in [-0.3, -0.25) is 5.10 Å². The third-order valence-corrected chi connectivity index (χ3v) is 3.28. The van der Waals surface area contributed by atoms with Crippen molar-refractivity contribution in [2.24, 2.45) is 0 Å². The number of hydrogen-bond acceptors (Lipinski definition) is 2. The van der Waals surface area contributed by atoms with Gasteiger partial charge in [0.25, 0.3) is 0 Å². The molecule has 0 aliphatic carbocycles. The zero-order valence-electron chi connectivity index (χ0n) is 9.07. The molecular weight excluding hydrogens is 298 g/mol. The molecule has 0 atom stereocenters. The van der Waals surface area contributed by atoms with Crippen LogP contribution >= 0.6 is 15.9 Å². The van der Waals surface area contributed by atoms with Crippen LogP contribution in [0.1, 0.15) is 10.4 Å². The molecule has 0 bridgehead atoms. The fraction of sp³-hybridized carbons (Fsp3) is 0. The fourth-order valence-corrected chi connectivity index (χ4v) is 2.32. The van der Waals surface area contributed by atoms with Gasteiger partial charge in [0.15, 0.2) is 0 Å². The molecule has 2 aromatic heterocycles. The molecule has 0 aliphatic heterocycles. The monoisotopic (exact) mass is 305 g/mol. The number of benzene rings is 1. The molecule has 2 heterocycles. The standard InChI is InChI=1S/C12H8BrN3O2/c13-6-1-2-7-8(4-14-10(7)3-6)11-9(12(17)18)5-15-16-11/h1-5,14H,(H,15,16)(H,17,18). The molecule has 0 saturated heterocycles. The SMILES string of the molecule is O=C(O)c1cn[nH]c1-c1c[nH]c2cc(Br)ccc12. The molecule has 0 radical (unpaired) electrons. The van der Waals surface area contributed by atoms with Gasteiger partial charge in [0.05, 0.1) is 11.9 Å². The zero-order valence-corrected chi connectivity index (χ0v) is 10.7. The summed E-state index contributed by atoms with van der Waals surface area (Å²) in [5.74, 6) is -0.995. The van der Waals surface area contributed by atoms with Crippen molar-refractivity contribution in [1.82, 2.24) is 15.2 Å². The lowest BCUT2D eigenvalue weighted by Gasteiger charge is -1.98. The lowest BCUT2D eigenvalue weighted by atomic mass is 10.1. The van der Waals surface area contributed by atoms with Gasteiger partial charge in [-0.05, 0) is 12.1 Å². The summed E-state index contributed by atoms with van der Waals surface area (Å²) in [6, 6.07) is 5.78. The molecule has 6 heteroatoms. The van der Waals surface area contributed by atoms with Gasteiger partial charge in [-0.2, -0.15) is 5.10 Å². The molecular formula is C12H8BrN3O2. The van der Waals surface area contributed by atoms with E-state index < -0.39 is 5.97 Å². The second kappa shape index (κ2) is 3.99. The van der Waals surface area contributed by atoms with Crippen LogP contribution in [-0.4, -0.2) is 26.3 Å². The Bertz CT molecular complexity index is 745. The minimum Gasteiger partial charge on any atom is -0.478 e. The number of carboxylic acid groups (broad SMARTS) is 1. The van der Waals surface area contributed by atoms with E-state index in [2.05, 4.69) is 31.1 Å². The molecule has 3 rings (SSSR count). The number of halogens is 1. The second-order valence-corrected chi connectivity index (χ2v) is 4.77. The van der Waals surface area contributed by atoms with Crippen LogP contribution in [0.15, 0.2) is 35.1 Å². The third-order valence-electron chi connectivity index (χ3n) is 2.78. The molecule has 90 valence electrons. The summed E-state index contributed by atoms with van der Waals surface area (Å²) in [6.45, 7) is 0. The molecule has 0 unspecified atom stereocenters. The van der Waals surface area contributed by atoms with E-state index in [1.54, 1.807) is 6.20 Å². The number of rotatable bonds is 2. The predicted octanol–water partition coefficient (Wildman–Crippen LogP) is 3.02. The van der Waals surface area contributed by atoms with Crippen molar-refractivity contribution < 1.29 is 9.90 Å². The van der Waals surface area contributed by atoms with Crippen molar-refractivity contribution in [3.05, 3.63) is 40.6 Å². The highest BCUT2D eigenvalue weighted by Crippen LogP contribution is 2.30. The first kappa shape index (κ1) is 11.0. The number of aromatic nitrogens is 3. The van der Waals surface area contributed by atoms with Gasteiger partial charge in [0.1, 0.15) is 5.56 Å². The Hall–Kier alpha value is -2.08. The summed E-state index contributed by atoms with van der Waals surface area (Å²) in [4.78, 5) is 14.2. The van der Waals surface area contributed by atoms with Crippen LogP contribution in [0.4, 0.5) is 0 Å². The number of carbonyl (C=O) groups is 1. The van der Waals surface area contributed by atoms with Crippen molar-refractivity contribution in [3.8, 4) is 11.3 Å². The minimum atomic E-state index is -0.995. The van der Waals surface area contributed by atoms with Gasteiger partial charge in [0.2, 0.25) is 0 Å². The Morgan fingerprint density at radius 2 is 2.22 bits per heavy atom. The molecule has 0 aliphatic rings. The molecule has 18 heavy (non-hydrogen) atoms. The first-order valence-electron chi connectivity index (χ1n) is 5.20. The maximum atomic E-state index is 11.1. The van der Waals surface area contributed by atoms with E-state index in [0.29, 0.717) is 5.69 Å². The summed E-state index contributed by atoms with van der Waals surface area (Å²) in [6.07, 6.45) is 3.09. The van der Waals surface area contributed by atoms with E-state index in [4.69, 9.17) is 5.11 Å². The summed E-state index contributed by atoms with van der Waals surface area (Å²) in [5, 5.41) is 16.6. The number of H-pyrrole nitrogens is 2. The average molecular weight is 306 g/mol. The van der Waals surface area contributed by atoms with E-state index in [1.165, 1.54) is 6.20 Å². The van der Waals surface area contributed by atoms with Crippen molar-refractivity contribution >= 4 is 32.8 Å². The highest BCUT2D eigenvalue weighted by molar-refractivity contribution is 9.10. The van der Waals surface area contributed by atoms with Gasteiger partial charge in [-0.1, -0.05) is 22.0 Å². The Balaban J connectivity index is 2.26. The second-order valence-electron chi connectivity index (χ2n) is 3.86. The van der Waals surface area contributed by atoms with E-state index in [-0.39, 0.29) is 5.56 Å². The van der Waals surface area contributed by atoms with Gasteiger partial charge in [0, 0.05) is 27.1 Å². The summed E-state index contributed by atoms with van der Waals surface area (Å²) >= 11 is 3.39. The largest absolute Gasteiger partial charge is 0.478 e. The molecule has 0 fully saturated rings. The number of nitrogens with zero attached hydrogens (tertiary/aromatic N) is 1. The number of hydrogen-bond donors (Lipinski definition) is 3. The molecule has 0 spiro atoms. The van der Waals surface area contributed by atoms with Crippen LogP contribution in [0.5, 0.6) is 0 Å². The van der Waals surface area contributed by atoms with Crippen LogP contribution in [0.25, 0.3) is 22.2 Å². The Labute approximate surface area is 110 Å². The van der Waals surface area contributed by atoms with Crippen LogP contribution in [0.2, 0.25) is 0 Å². The first-order valence-corrected chi connectivity index (χ1v) is 6.00. The van der Waals surface area contributed by atoms with E-state index >= 15 is 0 Å². The fourth-order valence-electron chi connectivity index (χ4n) is 1.96. The van der Waals surface area contributed by atoms with Crippen molar-refractivity contribution in [3.63, 3.8) is 0 Å². The van der Waals surface area contributed by atoms with Gasteiger partial charge in [-0.15, -0.1) is 0 Å². The third kappa shape index (κ3) is 1.62. The van der Waals surface area contributed by atoms with Crippen molar-refractivity contribution in [2.45, 2.75) is 0 Å². The zero-order chi connectivity index (χ0) is 12.7. The quantitative estimate of drug-likeness (QED) is 0.680. The Kier molecular flexibility index (Phi) is 2.45. The Morgan fingerprint density at radius 3 is 3.00 bits per heavy atom. The average Bonchev–Trinajstić information content (AvgIpc) is 2.92. The van der Waals surface area contributed by atoms with E-state index in [9.17, 15) is 4.79 Å². The Morgan fingerprint density at radius 1 is 1.39 bits per heavy atom. The van der Waals surface area contributed by atoms with Gasteiger partial charge >= 0.3 is 5.97 Å².